The first-order valence-corrected chi connectivity index (χ1v) is 9.23. The van der Waals surface area contributed by atoms with Crippen molar-refractivity contribution in [1.82, 2.24) is 20.5 Å². The van der Waals surface area contributed by atoms with Gasteiger partial charge in [-0.05, 0) is 31.0 Å². The molecule has 1 unspecified atom stereocenters. The van der Waals surface area contributed by atoms with E-state index in [0.29, 0.717) is 19.6 Å². The molecule has 2 heterocycles. The van der Waals surface area contributed by atoms with Crippen LogP contribution in [0.4, 0.5) is 0 Å². The fourth-order valence-electron chi connectivity index (χ4n) is 3.40. The maximum atomic E-state index is 12.7. The molecule has 142 valence electrons. The monoisotopic (exact) mass is 366 g/mol. The molecule has 3 rings (SSSR count). The maximum Gasteiger partial charge on any atom is 0.237 e. The maximum absolute atomic E-state index is 12.7. The fraction of sp³-hybridized carbons (Fsp3) is 0.381. The van der Waals surface area contributed by atoms with Crippen LogP contribution in [-0.4, -0.2) is 40.8 Å². The van der Waals surface area contributed by atoms with Crippen LogP contribution in [0, 0.1) is 0 Å². The smallest absolute Gasteiger partial charge is 0.237 e. The summed E-state index contributed by atoms with van der Waals surface area (Å²) in [7, 11) is 0. The molecule has 1 fully saturated rings. The van der Waals surface area contributed by atoms with Gasteiger partial charge in [-0.1, -0.05) is 36.4 Å². The summed E-state index contributed by atoms with van der Waals surface area (Å²) in [5.41, 5.74) is 1.55. The minimum Gasteiger partial charge on any atom is -0.353 e. The Bertz CT molecular complexity index is 777. The highest BCUT2D eigenvalue weighted by atomic mass is 16.2. The third-order valence-electron chi connectivity index (χ3n) is 4.88. The molecular formula is C21H26N4O2. The largest absolute Gasteiger partial charge is 0.353 e. The van der Waals surface area contributed by atoms with Crippen LogP contribution >= 0.6 is 0 Å². The van der Waals surface area contributed by atoms with Gasteiger partial charge in [0.1, 0.15) is 0 Å². The first kappa shape index (κ1) is 19.0. The summed E-state index contributed by atoms with van der Waals surface area (Å²) in [6.07, 6.45) is 3.65. The second-order valence-corrected chi connectivity index (χ2v) is 7.38. The van der Waals surface area contributed by atoms with E-state index >= 15 is 0 Å². The van der Waals surface area contributed by atoms with Crippen molar-refractivity contribution in [1.29, 1.82) is 0 Å². The number of hydrogen-bond donors (Lipinski definition) is 2. The lowest BCUT2D eigenvalue weighted by Crippen LogP contribution is -2.56. The third kappa shape index (κ3) is 4.92. The molecule has 0 aliphatic carbocycles. The van der Waals surface area contributed by atoms with E-state index < -0.39 is 11.6 Å². The third-order valence-corrected chi connectivity index (χ3v) is 4.88. The molecule has 1 saturated heterocycles. The van der Waals surface area contributed by atoms with Crippen LogP contribution < -0.4 is 10.6 Å². The van der Waals surface area contributed by atoms with Crippen LogP contribution in [0.1, 0.15) is 31.4 Å². The highest BCUT2D eigenvalue weighted by Crippen LogP contribution is 2.20. The highest BCUT2D eigenvalue weighted by Gasteiger charge is 2.33. The number of nitrogens with zero attached hydrogens (tertiary/aromatic N) is 2. The second kappa shape index (κ2) is 8.31. The average Bonchev–Trinajstić information content (AvgIpc) is 2.66. The van der Waals surface area contributed by atoms with E-state index in [0.717, 1.165) is 11.1 Å². The molecule has 0 spiro atoms. The number of pyridine rings is 1. The van der Waals surface area contributed by atoms with E-state index in [-0.39, 0.29) is 18.2 Å². The lowest BCUT2D eigenvalue weighted by atomic mass is 9.94. The van der Waals surface area contributed by atoms with Crippen molar-refractivity contribution >= 4 is 11.8 Å². The van der Waals surface area contributed by atoms with Crippen LogP contribution in [0.5, 0.6) is 0 Å². The first-order chi connectivity index (χ1) is 13.0. The van der Waals surface area contributed by atoms with Gasteiger partial charge in [-0.15, -0.1) is 0 Å². The van der Waals surface area contributed by atoms with Gasteiger partial charge in [-0.3, -0.25) is 19.5 Å². The van der Waals surface area contributed by atoms with E-state index in [1.54, 1.807) is 12.4 Å². The molecule has 1 aromatic heterocycles. The molecular weight excluding hydrogens is 340 g/mol. The van der Waals surface area contributed by atoms with Gasteiger partial charge in [-0.25, -0.2) is 0 Å². The molecule has 6 heteroatoms. The summed E-state index contributed by atoms with van der Waals surface area (Å²) < 4.78 is 0. The van der Waals surface area contributed by atoms with E-state index in [9.17, 15) is 9.59 Å². The number of amides is 2. The average molecular weight is 366 g/mol. The Balaban J connectivity index is 1.67. The summed E-state index contributed by atoms with van der Waals surface area (Å²) in [6.45, 7) is 5.83. The number of aromatic nitrogens is 1. The van der Waals surface area contributed by atoms with Crippen molar-refractivity contribution in [3.05, 3.63) is 66.0 Å². The van der Waals surface area contributed by atoms with Crippen LogP contribution in [0.25, 0.3) is 0 Å². The fourth-order valence-corrected chi connectivity index (χ4v) is 3.40. The van der Waals surface area contributed by atoms with Crippen molar-refractivity contribution < 1.29 is 9.59 Å². The summed E-state index contributed by atoms with van der Waals surface area (Å²) >= 11 is 0. The number of piperazine rings is 1. The van der Waals surface area contributed by atoms with Crippen molar-refractivity contribution in [3.63, 3.8) is 0 Å². The van der Waals surface area contributed by atoms with Crippen LogP contribution in [0.3, 0.4) is 0 Å². The van der Waals surface area contributed by atoms with Gasteiger partial charge in [-0.2, -0.15) is 0 Å². The van der Waals surface area contributed by atoms with Crippen molar-refractivity contribution in [2.45, 2.75) is 38.4 Å². The van der Waals surface area contributed by atoms with E-state index in [2.05, 4.69) is 15.6 Å². The van der Waals surface area contributed by atoms with E-state index in [1.165, 1.54) is 0 Å². The molecule has 0 saturated carbocycles. The zero-order chi connectivity index (χ0) is 19.3. The molecule has 0 bridgehead atoms. The predicted molar refractivity (Wildman–Crippen MR) is 104 cm³/mol. The first-order valence-electron chi connectivity index (χ1n) is 9.23. The minimum atomic E-state index is -0.502. The number of carbonyl (C=O) groups is 2. The summed E-state index contributed by atoms with van der Waals surface area (Å²) in [6, 6.07) is 13.2. The van der Waals surface area contributed by atoms with Gasteiger partial charge in [0.05, 0.1) is 18.0 Å². The topological polar surface area (TPSA) is 74.3 Å². The Morgan fingerprint density at radius 2 is 2.04 bits per heavy atom. The molecule has 2 aromatic rings. The summed E-state index contributed by atoms with van der Waals surface area (Å²) in [5.74, 6) is -0.236. The second-order valence-electron chi connectivity index (χ2n) is 7.38. The number of rotatable bonds is 6. The van der Waals surface area contributed by atoms with E-state index in [4.69, 9.17) is 0 Å². The molecule has 0 radical (unpaired) electrons. The Labute approximate surface area is 160 Å². The lowest BCUT2D eigenvalue weighted by molar-refractivity contribution is -0.134. The van der Waals surface area contributed by atoms with E-state index in [1.807, 2.05) is 61.2 Å². The molecule has 6 nitrogen and oxygen atoms in total. The Morgan fingerprint density at radius 1 is 1.26 bits per heavy atom. The Morgan fingerprint density at radius 3 is 2.74 bits per heavy atom. The molecule has 27 heavy (non-hydrogen) atoms. The van der Waals surface area contributed by atoms with Gasteiger partial charge in [0, 0.05) is 32.0 Å². The molecule has 2 N–H and O–H groups in total. The van der Waals surface area contributed by atoms with Gasteiger partial charge in [0.25, 0.3) is 0 Å². The Kier molecular flexibility index (Phi) is 5.86. The zero-order valence-electron chi connectivity index (χ0n) is 15.8. The molecule has 1 aliphatic heterocycles. The minimum absolute atomic E-state index is 0.0993. The van der Waals surface area contributed by atoms with Crippen LogP contribution in [0.2, 0.25) is 0 Å². The number of benzene rings is 1. The van der Waals surface area contributed by atoms with Crippen molar-refractivity contribution in [3.8, 4) is 0 Å². The quantitative estimate of drug-likeness (QED) is 0.818. The Hall–Kier alpha value is -2.73. The van der Waals surface area contributed by atoms with Crippen molar-refractivity contribution in [2.24, 2.45) is 0 Å². The van der Waals surface area contributed by atoms with Crippen LogP contribution in [-0.2, 0) is 21.7 Å². The molecule has 2 amide bonds. The molecule has 1 aromatic carbocycles. The molecule has 1 aliphatic rings. The lowest BCUT2D eigenvalue weighted by Gasteiger charge is -2.35. The summed E-state index contributed by atoms with van der Waals surface area (Å²) in [5, 5.41) is 5.94. The van der Waals surface area contributed by atoms with Gasteiger partial charge < -0.3 is 10.6 Å². The summed E-state index contributed by atoms with van der Waals surface area (Å²) in [4.78, 5) is 31.3. The van der Waals surface area contributed by atoms with Crippen LogP contribution in [0.15, 0.2) is 54.9 Å². The van der Waals surface area contributed by atoms with Gasteiger partial charge in [0.15, 0.2) is 0 Å². The normalized spacial score (nSPS) is 18.0. The molecule has 1 atom stereocenters. The number of hydrogen-bond acceptors (Lipinski definition) is 4. The standard InChI is InChI=1S/C21H26N4O2/c1-21(2,17-8-4-3-5-9-17)24-19(26)13-18-20(27)23-11-12-25(18)15-16-7-6-10-22-14-16/h3-10,14,18H,11-13,15H2,1-2H3,(H,23,27)(H,24,26). The van der Waals surface area contributed by atoms with Crippen molar-refractivity contribution in [2.75, 3.05) is 13.1 Å². The predicted octanol–water partition coefficient (Wildman–Crippen LogP) is 1.82. The van der Waals surface area contributed by atoms with Gasteiger partial charge >= 0.3 is 0 Å². The SMILES string of the molecule is CC(C)(NC(=O)CC1C(=O)NCCN1Cc1cccnc1)c1ccccc1. The zero-order valence-corrected chi connectivity index (χ0v) is 15.8. The highest BCUT2D eigenvalue weighted by molar-refractivity contribution is 5.89. The number of carbonyl (C=O) groups excluding carboxylic acids is 2. The number of nitrogens with one attached hydrogen (secondary N) is 2. The van der Waals surface area contributed by atoms with Gasteiger partial charge in [0.2, 0.25) is 11.8 Å².